The van der Waals surface area contributed by atoms with Gasteiger partial charge in [-0.15, -0.1) is 5.10 Å². The number of nitrogen functional groups attached to an aromatic ring is 1. The van der Waals surface area contributed by atoms with Crippen LogP contribution in [0.2, 0.25) is 0 Å². The number of nitrogens with zero attached hydrogens (tertiary/aromatic N) is 5. The van der Waals surface area contributed by atoms with Gasteiger partial charge in [0.25, 0.3) is 0 Å². The third-order valence-corrected chi connectivity index (χ3v) is 2.86. The molecule has 0 saturated carbocycles. The van der Waals surface area contributed by atoms with E-state index < -0.39 is 0 Å². The minimum atomic E-state index is 0.489. The van der Waals surface area contributed by atoms with Gasteiger partial charge in [0.15, 0.2) is 11.5 Å². The average Bonchev–Trinajstić information content (AvgIpc) is 2.93. The molecule has 3 rings (SSSR count). The quantitative estimate of drug-likeness (QED) is 0.737. The van der Waals surface area contributed by atoms with Gasteiger partial charge < -0.3 is 5.73 Å². The maximum absolute atomic E-state index is 5.94. The van der Waals surface area contributed by atoms with Crippen LogP contribution in [0, 0.1) is 5.92 Å². The average molecular weight is 257 g/mol. The van der Waals surface area contributed by atoms with Crippen LogP contribution in [0.3, 0.4) is 0 Å². The number of aromatic nitrogens is 6. The van der Waals surface area contributed by atoms with E-state index in [-0.39, 0.29) is 0 Å². The van der Waals surface area contributed by atoms with Crippen molar-refractivity contribution in [2.24, 2.45) is 5.92 Å². The molecule has 0 spiro atoms. The Hall–Kier alpha value is -2.44. The standard InChI is InChI=1S/C12H15N7/c1-7(2)6-8-10-11(13)16-17-12(10)19(18-8)9-4-3-5-14-15-9/h3-5,7H,6H2,1-2H3,(H3,13,16,17). The minimum Gasteiger partial charge on any atom is -0.383 e. The molecule has 0 aliphatic heterocycles. The van der Waals surface area contributed by atoms with E-state index in [1.807, 2.05) is 12.1 Å². The predicted octanol–water partition coefficient (Wildman–Crippen LogP) is 1.32. The lowest BCUT2D eigenvalue weighted by Crippen LogP contribution is -2.03. The summed E-state index contributed by atoms with van der Waals surface area (Å²) < 4.78 is 1.67. The second-order valence-corrected chi connectivity index (χ2v) is 4.87. The summed E-state index contributed by atoms with van der Waals surface area (Å²) in [6, 6.07) is 3.65. The molecule has 0 aliphatic rings. The first-order valence-electron chi connectivity index (χ1n) is 6.16. The first-order valence-corrected chi connectivity index (χ1v) is 6.16. The molecule has 0 saturated heterocycles. The highest BCUT2D eigenvalue weighted by Crippen LogP contribution is 2.25. The third-order valence-electron chi connectivity index (χ3n) is 2.86. The number of anilines is 1. The topological polar surface area (TPSA) is 98.3 Å². The molecule has 7 heteroatoms. The van der Waals surface area contributed by atoms with E-state index in [1.165, 1.54) is 0 Å². The first kappa shape index (κ1) is 11.6. The zero-order valence-electron chi connectivity index (χ0n) is 10.8. The molecule has 3 aromatic heterocycles. The van der Waals surface area contributed by atoms with Crippen LogP contribution in [0.25, 0.3) is 16.9 Å². The summed E-state index contributed by atoms with van der Waals surface area (Å²) in [5.74, 6) is 1.66. The Bertz CT molecular complexity index is 696. The molecule has 0 radical (unpaired) electrons. The summed E-state index contributed by atoms with van der Waals surface area (Å²) in [7, 11) is 0. The molecule has 3 N–H and O–H groups in total. The van der Waals surface area contributed by atoms with Gasteiger partial charge >= 0.3 is 0 Å². The van der Waals surface area contributed by atoms with Crippen molar-refractivity contribution in [3.8, 4) is 5.82 Å². The molecule has 0 aliphatic carbocycles. The number of rotatable bonds is 3. The van der Waals surface area contributed by atoms with Gasteiger partial charge in [-0.3, -0.25) is 5.10 Å². The summed E-state index contributed by atoms with van der Waals surface area (Å²) in [6.07, 6.45) is 2.46. The van der Waals surface area contributed by atoms with Crippen molar-refractivity contribution in [3.05, 3.63) is 24.0 Å². The van der Waals surface area contributed by atoms with Gasteiger partial charge in [-0.1, -0.05) is 13.8 Å². The Kier molecular flexibility index (Phi) is 2.66. The maximum Gasteiger partial charge on any atom is 0.188 e. The number of aromatic amines is 1. The van der Waals surface area contributed by atoms with Crippen molar-refractivity contribution in [2.45, 2.75) is 20.3 Å². The molecule has 98 valence electrons. The fraction of sp³-hybridized carbons (Fsp3) is 0.333. The number of fused-ring (bicyclic) bond motifs is 1. The van der Waals surface area contributed by atoms with E-state index in [1.54, 1.807) is 10.9 Å². The van der Waals surface area contributed by atoms with Gasteiger partial charge in [-0.05, 0) is 24.5 Å². The summed E-state index contributed by atoms with van der Waals surface area (Å²) in [4.78, 5) is 0. The summed E-state index contributed by atoms with van der Waals surface area (Å²) in [5, 5.41) is 20.4. The fourth-order valence-electron chi connectivity index (χ4n) is 2.10. The number of hydrogen-bond acceptors (Lipinski definition) is 5. The molecule has 0 atom stereocenters. The Balaban J connectivity index is 2.21. The van der Waals surface area contributed by atoms with Crippen molar-refractivity contribution in [1.82, 2.24) is 30.2 Å². The van der Waals surface area contributed by atoms with Crippen LogP contribution in [-0.4, -0.2) is 30.2 Å². The number of H-pyrrole nitrogens is 1. The lowest BCUT2D eigenvalue weighted by atomic mass is 10.1. The normalized spacial score (nSPS) is 11.5. The Labute approximate surface area is 109 Å². The van der Waals surface area contributed by atoms with E-state index in [0.717, 1.165) is 17.5 Å². The molecule has 0 fully saturated rings. The number of nitrogens with two attached hydrogens (primary N) is 1. The third kappa shape index (κ3) is 1.92. The van der Waals surface area contributed by atoms with Crippen LogP contribution in [0.5, 0.6) is 0 Å². The summed E-state index contributed by atoms with van der Waals surface area (Å²) >= 11 is 0. The molecule has 7 nitrogen and oxygen atoms in total. The molecule has 0 aromatic carbocycles. The Morgan fingerprint density at radius 1 is 1.42 bits per heavy atom. The second-order valence-electron chi connectivity index (χ2n) is 4.87. The van der Waals surface area contributed by atoms with Gasteiger partial charge in [0.2, 0.25) is 0 Å². The lowest BCUT2D eigenvalue weighted by molar-refractivity contribution is 0.629. The minimum absolute atomic E-state index is 0.489. The molecule has 0 unspecified atom stereocenters. The van der Waals surface area contributed by atoms with Gasteiger partial charge in [-0.2, -0.15) is 20.0 Å². The smallest absolute Gasteiger partial charge is 0.188 e. The van der Waals surface area contributed by atoms with Gasteiger partial charge in [0, 0.05) is 6.20 Å². The highest BCUT2D eigenvalue weighted by Gasteiger charge is 2.18. The largest absolute Gasteiger partial charge is 0.383 e. The first-order chi connectivity index (χ1) is 9.16. The molecule has 19 heavy (non-hydrogen) atoms. The Morgan fingerprint density at radius 2 is 2.26 bits per heavy atom. The van der Waals surface area contributed by atoms with Crippen molar-refractivity contribution in [3.63, 3.8) is 0 Å². The van der Waals surface area contributed by atoms with E-state index in [4.69, 9.17) is 5.73 Å². The molecular weight excluding hydrogens is 242 g/mol. The zero-order valence-corrected chi connectivity index (χ0v) is 10.8. The number of nitrogens with one attached hydrogen (secondary N) is 1. The van der Waals surface area contributed by atoms with E-state index in [2.05, 4.69) is 39.3 Å². The van der Waals surface area contributed by atoms with Crippen LogP contribution < -0.4 is 5.73 Å². The SMILES string of the molecule is CC(C)Cc1nn(-c2cccnn2)c2n[nH]c(N)c12. The van der Waals surface area contributed by atoms with Crippen molar-refractivity contribution in [1.29, 1.82) is 0 Å². The molecule has 0 amide bonds. The van der Waals surface area contributed by atoms with E-state index >= 15 is 0 Å². The fourth-order valence-corrected chi connectivity index (χ4v) is 2.10. The predicted molar refractivity (Wildman–Crippen MR) is 71.8 cm³/mol. The lowest BCUT2D eigenvalue weighted by Gasteiger charge is -2.01. The van der Waals surface area contributed by atoms with Crippen molar-refractivity contribution in [2.75, 3.05) is 5.73 Å². The highest BCUT2D eigenvalue weighted by atomic mass is 15.4. The van der Waals surface area contributed by atoms with Gasteiger partial charge in [0.1, 0.15) is 5.82 Å². The van der Waals surface area contributed by atoms with Crippen LogP contribution >= 0.6 is 0 Å². The summed E-state index contributed by atoms with van der Waals surface area (Å²) in [6.45, 7) is 4.28. The molecule has 3 aromatic rings. The van der Waals surface area contributed by atoms with Crippen molar-refractivity contribution < 1.29 is 0 Å². The monoisotopic (exact) mass is 257 g/mol. The van der Waals surface area contributed by atoms with Gasteiger partial charge in [0.05, 0.1) is 11.1 Å². The van der Waals surface area contributed by atoms with Crippen LogP contribution in [0.1, 0.15) is 19.5 Å². The second kappa shape index (κ2) is 4.34. The van der Waals surface area contributed by atoms with Crippen LogP contribution in [0.4, 0.5) is 5.82 Å². The molecule has 0 bridgehead atoms. The zero-order chi connectivity index (χ0) is 13.4. The Morgan fingerprint density at radius 3 is 2.95 bits per heavy atom. The maximum atomic E-state index is 5.94. The number of hydrogen-bond donors (Lipinski definition) is 2. The van der Waals surface area contributed by atoms with E-state index in [0.29, 0.717) is 23.2 Å². The highest BCUT2D eigenvalue weighted by molar-refractivity contribution is 5.89. The van der Waals surface area contributed by atoms with Gasteiger partial charge in [-0.25, -0.2) is 0 Å². The van der Waals surface area contributed by atoms with Crippen LogP contribution in [0.15, 0.2) is 18.3 Å². The summed E-state index contributed by atoms with van der Waals surface area (Å²) in [5.41, 5.74) is 7.56. The van der Waals surface area contributed by atoms with Crippen molar-refractivity contribution >= 4 is 16.9 Å². The molecule has 3 heterocycles. The van der Waals surface area contributed by atoms with Crippen LogP contribution in [-0.2, 0) is 6.42 Å². The molecular formula is C12H15N7. The van der Waals surface area contributed by atoms with E-state index in [9.17, 15) is 0 Å².